The molecule has 0 unspecified atom stereocenters. The van der Waals surface area contributed by atoms with Crippen molar-refractivity contribution < 1.29 is 4.74 Å². The van der Waals surface area contributed by atoms with E-state index in [0.29, 0.717) is 5.92 Å². The van der Waals surface area contributed by atoms with Crippen LogP contribution in [0.25, 0.3) is 5.57 Å². The molecule has 3 nitrogen and oxygen atoms in total. The van der Waals surface area contributed by atoms with Crippen LogP contribution in [0.15, 0.2) is 18.2 Å². The van der Waals surface area contributed by atoms with E-state index in [1.165, 1.54) is 29.5 Å². The van der Waals surface area contributed by atoms with Gasteiger partial charge in [-0.1, -0.05) is 19.3 Å². The first-order chi connectivity index (χ1) is 11.1. The van der Waals surface area contributed by atoms with Crippen molar-refractivity contribution >= 4 is 18.7 Å². The van der Waals surface area contributed by atoms with Gasteiger partial charge in [0.25, 0.3) is 0 Å². The van der Waals surface area contributed by atoms with E-state index in [1.807, 2.05) is 13.8 Å². The van der Waals surface area contributed by atoms with Gasteiger partial charge in [-0.25, -0.2) is 0 Å². The summed E-state index contributed by atoms with van der Waals surface area (Å²) in [6.45, 7) is 8.41. The largest absolute Gasteiger partial charge is 0.489 e. The normalized spacial score (nSPS) is 18.9. The summed E-state index contributed by atoms with van der Waals surface area (Å²) in [7, 11) is 2.30. The summed E-state index contributed by atoms with van der Waals surface area (Å²) in [5.41, 5.74) is 11.3. The van der Waals surface area contributed by atoms with Crippen LogP contribution in [-0.4, -0.2) is 31.4 Å². The fraction of sp³-hybridized carbons (Fsp3) is 0.579. The molecule has 1 saturated carbocycles. The highest BCUT2D eigenvalue weighted by Crippen LogP contribution is 2.46. The Hall–Kier alpha value is -1.42. The van der Waals surface area contributed by atoms with E-state index in [0.717, 1.165) is 37.3 Å². The molecule has 2 aliphatic rings. The van der Waals surface area contributed by atoms with Crippen molar-refractivity contribution in [3.8, 4) is 5.75 Å². The van der Waals surface area contributed by atoms with E-state index in [2.05, 4.69) is 37.4 Å². The van der Waals surface area contributed by atoms with Gasteiger partial charge in [0.1, 0.15) is 5.75 Å². The molecule has 3 rings (SSSR count). The summed E-state index contributed by atoms with van der Waals surface area (Å²) in [5, 5.41) is 0. The number of hydrogen-bond donors (Lipinski definition) is 1. The highest BCUT2D eigenvalue weighted by atomic mass is 16.5. The predicted molar refractivity (Wildman–Crippen MR) is 99.0 cm³/mol. The molecule has 4 heteroatoms. The third-order valence-corrected chi connectivity index (χ3v) is 4.59. The Bertz CT molecular complexity index is 593. The molecule has 0 atom stereocenters. The minimum absolute atomic E-state index is 0.145. The van der Waals surface area contributed by atoms with E-state index < -0.39 is 0 Å². The Kier molecular flexibility index (Phi) is 5.00. The quantitative estimate of drug-likeness (QED) is 0.635. The first kappa shape index (κ1) is 16.4. The number of nitrogen functional groups attached to an aromatic ring is 1. The van der Waals surface area contributed by atoms with Crippen LogP contribution in [0.2, 0.25) is 6.32 Å². The first-order valence-electron chi connectivity index (χ1n) is 8.95. The Balaban J connectivity index is 1.90. The summed E-state index contributed by atoms with van der Waals surface area (Å²) < 4.78 is 5.92. The highest BCUT2D eigenvalue weighted by molar-refractivity contribution is 6.31. The van der Waals surface area contributed by atoms with E-state index in [9.17, 15) is 0 Å². The zero-order valence-electron chi connectivity index (χ0n) is 14.6. The average molecular weight is 311 g/mol. The second-order valence-electron chi connectivity index (χ2n) is 6.98. The van der Waals surface area contributed by atoms with Gasteiger partial charge in [0.05, 0.1) is 11.8 Å². The number of nitrogens with two attached hydrogens (primary N) is 1. The van der Waals surface area contributed by atoms with Crippen molar-refractivity contribution in [2.75, 3.05) is 18.8 Å². The zero-order chi connectivity index (χ0) is 16.4. The minimum atomic E-state index is 0.145. The van der Waals surface area contributed by atoms with Crippen molar-refractivity contribution in [3.63, 3.8) is 0 Å². The Morgan fingerprint density at radius 1 is 1.35 bits per heavy atom. The molecule has 2 N–H and O–H groups in total. The molecule has 1 fully saturated rings. The predicted octanol–water partition coefficient (Wildman–Crippen LogP) is 4.08. The van der Waals surface area contributed by atoms with Crippen LogP contribution in [0.5, 0.6) is 5.75 Å². The van der Waals surface area contributed by atoms with Gasteiger partial charge in [0.15, 0.2) is 0 Å². The Morgan fingerprint density at radius 2 is 2.13 bits per heavy atom. The van der Waals surface area contributed by atoms with Crippen LogP contribution < -0.4 is 10.5 Å². The number of hydrogen-bond acceptors (Lipinski definition) is 3. The monoisotopic (exact) mass is 311 g/mol. The molecule has 1 heterocycles. The average Bonchev–Trinajstić information content (AvgIpc) is 3.34. The van der Waals surface area contributed by atoms with Crippen molar-refractivity contribution in [2.24, 2.45) is 0 Å². The highest BCUT2D eigenvalue weighted by Gasteiger charge is 2.29. The van der Waals surface area contributed by atoms with Crippen LogP contribution in [0, 0.1) is 0 Å². The maximum absolute atomic E-state index is 6.24. The van der Waals surface area contributed by atoms with Crippen molar-refractivity contribution in [1.29, 1.82) is 0 Å². The van der Waals surface area contributed by atoms with Crippen LogP contribution in [0.3, 0.4) is 0 Å². The van der Waals surface area contributed by atoms with Crippen LogP contribution in [0.4, 0.5) is 5.69 Å². The van der Waals surface area contributed by atoms with E-state index in [-0.39, 0.29) is 6.10 Å². The summed E-state index contributed by atoms with van der Waals surface area (Å²) >= 11 is 0. The van der Waals surface area contributed by atoms with E-state index in [4.69, 9.17) is 10.5 Å². The fourth-order valence-corrected chi connectivity index (χ4v) is 3.33. The van der Waals surface area contributed by atoms with Gasteiger partial charge in [0, 0.05) is 6.54 Å². The van der Waals surface area contributed by atoms with Gasteiger partial charge in [-0.15, -0.1) is 0 Å². The van der Waals surface area contributed by atoms with Gasteiger partial charge < -0.3 is 15.3 Å². The molecule has 1 radical (unpaired) electrons. The molecular formula is C19H28BN2O. The fourth-order valence-electron chi connectivity index (χ4n) is 3.33. The molecule has 123 valence electrons. The Morgan fingerprint density at radius 3 is 2.70 bits per heavy atom. The molecule has 23 heavy (non-hydrogen) atoms. The number of benzene rings is 1. The number of anilines is 1. The van der Waals surface area contributed by atoms with Crippen molar-refractivity contribution in [3.05, 3.63) is 29.3 Å². The molecule has 1 aromatic carbocycles. The van der Waals surface area contributed by atoms with E-state index in [1.54, 1.807) is 0 Å². The molecule has 1 aliphatic heterocycles. The smallest absolute Gasteiger partial charge is 0.208 e. The Labute approximate surface area is 141 Å². The molecule has 0 saturated heterocycles. The van der Waals surface area contributed by atoms with Crippen LogP contribution >= 0.6 is 0 Å². The lowest BCUT2D eigenvalue weighted by Gasteiger charge is -2.27. The first-order valence-corrected chi connectivity index (χ1v) is 8.95. The molecule has 0 amide bonds. The molecule has 1 aromatic rings. The van der Waals surface area contributed by atoms with Gasteiger partial charge in [-0.05, 0) is 74.4 Å². The van der Waals surface area contributed by atoms with Crippen LogP contribution in [0.1, 0.15) is 57.1 Å². The molecular weight excluding hydrogens is 283 g/mol. The maximum atomic E-state index is 6.24. The van der Waals surface area contributed by atoms with Gasteiger partial charge in [-0.2, -0.15) is 0 Å². The number of nitrogens with zero attached hydrogens (tertiary/aromatic N) is 1. The lowest BCUT2D eigenvalue weighted by atomic mass is 9.84. The lowest BCUT2D eigenvalue weighted by Crippen LogP contribution is -2.31. The van der Waals surface area contributed by atoms with Gasteiger partial charge in [0.2, 0.25) is 7.41 Å². The molecule has 0 spiro atoms. The summed E-state index contributed by atoms with van der Waals surface area (Å²) in [6.07, 6.45) is 7.31. The molecule has 0 aromatic heterocycles. The molecule has 0 bridgehead atoms. The summed E-state index contributed by atoms with van der Waals surface area (Å²) in [4.78, 5) is 2.41. The number of ether oxygens (including phenoxy) is 1. The van der Waals surface area contributed by atoms with Crippen molar-refractivity contribution in [1.82, 2.24) is 4.81 Å². The summed E-state index contributed by atoms with van der Waals surface area (Å²) in [5.74, 6) is 1.53. The topological polar surface area (TPSA) is 38.5 Å². The SMILES string of the molecule is CC[B]N1CC=C(c2cc(OC(C)C)c(N)cc2C2CC2)CC1. The molecule has 1 aliphatic carbocycles. The lowest BCUT2D eigenvalue weighted by molar-refractivity contribution is 0.243. The maximum Gasteiger partial charge on any atom is 0.208 e. The standard InChI is InChI=1S/C19H28BN2O/c1-4-20-22-9-7-15(8-10-22)17-12-19(23-13(2)3)18(21)11-16(17)14-5-6-14/h7,11-14H,4-6,8-10,21H2,1-3H3. The second-order valence-corrected chi connectivity index (χ2v) is 6.98. The summed E-state index contributed by atoms with van der Waals surface area (Å²) in [6, 6.07) is 4.35. The van der Waals surface area contributed by atoms with Crippen LogP contribution in [-0.2, 0) is 0 Å². The minimum Gasteiger partial charge on any atom is -0.489 e. The van der Waals surface area contributed by atoms with Gasteiger partial charge >= 0.3 is 0 Å². The van der Waals surface area contributed by atoms with Gasteiger partial charge in [-0.3, -0.25) is 0 Å². The third kappa shape index (κ3) is 3.92. The zero-order valence-corrected chi connectivity index (χ0v) is 14.6. The van der Waals surface area contributed by atoms with Crippen molar-refractivity contribution in [2.45, 2.75) is 58.4 Å². The van der Waals surface area contributed by atoms with E-state index >= 15 is 0 Å². The second kappa shape index (κ2) is 7.00. The third-order valence-electron chi connectivity index (χ3n) is 4.59. The number of rotatable bonds is 6.